The number of hydrogen-bond donors (Lipinski definition) is 1. The molecule has 2 aliphatic rings. The summed E-state index contributed by atoms with van der Waals surface area (Å²) in [5.41, 5.74) is 1.06. The number of nitrogens with one attached hydrogen (secondary N) is 1. The van der Waals surface area contributed by atoms with Crippen LogP contribution in [0.15, 0.2) is 18.2 Å². The summed E-state index contributed by atoms with van der Waals surface area (Å²) in [6.45, 7) is 6.44. The van der Waals surface area contributed by atoms with E-state index in [1.54, 1.807) is 0 Å². The van der Waals surface area contributed by atoms with Gasteiger partial charge in [0, 0.05) is 25.3 Å². The normalized spacial score (nSPS) is 19.5. The molecule has 0 aliphatic carbocycles. The van der Waals surface area contributed by atoms with E-state index in [1.165, 1.54) is 0 Å². The van der Waals surface area contributed by atoms with Crippen molar-refractivity contribution in [3.63, 3.8) is 0 Å². The van der Waals surface area contributed by atoms with Gasteiger partial charge in [0.25, 0.3) is 0 Å². The number of benzene rings is 1. The lowest BCUT2D eigenvalue weighted by Gasteiger charge is -2.25. The minimum absolute atomic E-state index is 0.0364. The molecule has 132 valence electrons. The van der Waals surface area contributed by atoms with Crippen LogP contribution >= 0.6 is 0 Å². The first kappa shape index (κ1) is 17.0. The summed E-state index contributed by atoms with van der Waals surface area (Å²) >= 11 is 0. The molecule has 0 radical (unpaired) electrons. The molecular weight excluding hydrogens is 308 g/mol. The van der Waals surface area contributed by atoms with E-state index >= 15 is 0 Å². The lowest BCUT2D eigenvalue weighted by atomic mass is 10.1. The molecule has 24 heavy (non-hydrogen) atoms. The van der Waals surface area contributed by atoms with Crippen LogP contribution in [0.25, 0.3) is 0 Å². The number of hydrogen-bond acceptors (Lipinski definition) is 5. The Morgan fingerprint density at radius 1 is 1.29 bits per heavy atom. The minimum atomic E-state index is 0.0364. The topological polar surface area (TPSA) is 60.0 Å². The van der Waals surface area contributed by atoms with Gasteiger partial charge < -0.3 is 19.5 Å². The lowest BCUT2D eigenvalue weighted by molar-refractivity contribution is -0.122. The third-order valence-electron chi connectivity index (χ3n) is 4.41. The quantitative estimate of drug-likeness (QED) is 0.820. The fourth-order valence-electron chi connectivity index (χ4n) is 3.07. The van der Waals surface area contributed by atoms with Gasteiger partial charge in [0.1, 0.15) is 13.2 Å². The van der Waals surface area contributed by atoms with E-state index in [1.807, 2.05) is 18.2 Å². The summed E-state index contributed by atoms with van der Waals surface area (Å²) in [6.07, 6.45) is 2.30. The lowest BCUT2D eigenvalue weighted by Crippen LogP contribution is -2.40. The zero-order valence-electron chi connectivity index (χ0n) is 14.3. The van der Waals surface area contributed by atoms with Crippen LogP contribution in [-0.2, 0) is 16.1 Å². The highest BCUT2D eigenvalue weighted by atomic mass is 16.6. The van der Waals surface area contributed by atoms with Crippen molar-refractivity contribution < 1.29 is 19.0 Å². The van der Waals surface area contributed by atoms with Crippen LogP contribution in [0.3, 0.4) is 0 Å². The van der Waals surface area contributed by atoms with Crippen molar-refractivity contribution in [2.75, 3.05) is 39.5 Å². The zero-order chi connectivity index (χ0) is 16.8. The van der Waals surface area contributed by atoms with Gasteiger partial charge in [-0.15, -0.1) is 0 Å². The number of carbonyl (C=O) groups excluding carboxylic acids is 1. The van der Waals surface area contributed by atoms with Gasteiger partial charge in [-0.3, -0.25) is 9.69 Å². The van der Waals surface area contributed by atoms with E-state index in [-0.39, 0.29) is 12.0 Å². The molecule has 1 amide bonds. The van der Waals surface area contributed by atoms with E-state index in [4.69, 9.17) is 14.2 Å². The van der Waals surface area contributed by atoms with Gasteiger partial charge in [0.05, 0.1) is 12.6 Å². The summed E-state index contributed by atoms with van der Waals surface area (Å²) in [4.78, 5) is 14.3. The maximum atomic E-state index is 12.2. The van der Waals surface area contributed by atoms with Crippen LogP contribution in [-0.4, -0.2) is 56.4 Å². The standard InChI is InChI=1S/C18H26N2O4/c1-2-20(13-17(21)19-11-15-6-4-8-22-15)12-14-5-3-7-16-18(14)24-10-9-23-16/h3,5,7,15H,2,4,6,8-13H2,1H3,(H,19,21). The number of fused-ring (bicyclic) bond motifs is 1. The third kappa shape index (κ3) is 4.39. The molecule has 0 bridgehead atoms. The van der Waals surface area contributed by atoms with Crippen LogP contribution in [0.5, 0.6) is 11.5 Å². The van der Waals surface area contributed by atoms with Crippen molar-refractivity contribution >= 4 is 5.91 Å². The van der Waals surface area contributed by atoms with Crippen LogP contribution < -0.4 is 14.8 Å². The summed E-state index contributed by atoms with van der Waals surface area (Å²) < 4.78 is 16.9. The molecule has 1 saturated heterocycles. The molecule has 0 spiro atoms. The highest BCUT2D eigenvalue weighted by molar-refractivity contribution is 5.78. The van der Waals surface area contributed by atoms with E-state index < -0.39 is 0 Å². The Morgan fingerprint density at radius 3 is 2.96 bits per heavy atom. The van der Waals surface area contributed by atoms with Gasteiger partial charge >= 0.3 is 0 Å². The number of amides is 1. The SMILES string of the molecule is CCN(CC(=O)NCC1CCCO1)Cc1cccc2c1OCCO2. The molecular formula is C18H26N2O4. The van der Waals surface area contributed by atoms with Crippen molar-refractivity contribution in [1.82, 2.24) is 10.2 Å². The van der Waals surface area contributed by atoms with E-state index in [0.717, 1.165) is 43.1 Å². The maximum Gasteiger partial charge on any atom is 0.234 e. The minimum Gasteiger partial charge on any atom is -0.486 e. The smallest absolute Gasteiger partial charge is 0.234 e. The summed E-state index contributed by atoms with van der Waals surface area (Å²) in [6, 6.07) is 5.91. The number of para-hydroxylation sites is 1. The molecule has 2 heterocycles. The Kier molecular flexibility index (Phi) is 5.93. The molecule has 1 N–H and O–H groups in total. The molecule has 1 aromatic rings. The Bertz CT molecular complexity index is 558. The van der Waals surface area contributed by atoms with Crippen LogP contribution in [0.2, 0.25) is 0 Å². The summed E-state index contributed by atoms with van der Waals surface area (Å²) in [7, 11) is 0. The molecule has 1 unspecified atom stereocenters. The summed E-state index contributed by atoms with van der Waals surface area (Å²) in [5.74, 6) is 1.63. The predicted octanol–water partition coefficient (Wildman–Crippen LogP) is 1.57. The molecule has 1 atom stereocenters. The molecule has 6 heteroatoms. The summed E-state index contributed by atoms with van der Waals surface area (Å²) in [5, 5.41) is 2.98. The van der Waals surface area contributed by atoms with Gasteiger partial charge in [0.15, 0.2) is 11.5 Å². The third-order valence-corrected chi connectivity index (χ3v) is 4.41. The van der Waals surface area contributed by atoms with Gasteiger partial charge in [-0.05, 0) is 25.5 Å². The number of ether oxygens (including phenoxy) is 3. The van der Waals surface area contributed by atoms with Crippen LogP contribution in [0.4, 0.5) is 0 Å². The monoisotopic (exact) mass is 334 g/mol. The first-order valence-electron chi connectivity index (χ1n) is 8.74. The van der Waals surface area contributed by atoms with Crippen LogP contribution in [0.1, 0.15) is 25.3 Å². The van der Waals surface area contributed by atoms with E-state index in [9.17, 15) is 4.79 Å². The Hall–Kier alpha value is -1.79. The average molecular weight is 334 g/mol. The predicted molar refractivity (Wildman–Crippen MR) is 90.4 cm³/mol. The van der Waals surface area contributed by atoms with Crippen molar-refractivity contribution in [3.05, 3.63) is 23.8 Å². The average Bonchev–Trinajstić information content (AvgIpc) is 3.13. The largest absolute Gasteiger partial charge is 0.486 e. The molecule has 2 aliphatic heterocycles. The molecule has 0 saturated carbocycles. The second-order valence-corrected chi connectivity index (χ2v) is 6.18. The highest BCUT2D eigenvalue weighted by Gasteiger charge is 2.19. The molecule has 1 aromatic carbocycles. The number of likely N-dealkylation sites (N-methyl/N-ethyl adjacent to an activating group) is 1. The van der Waals surface area contributed by atoms with Crippen molar-refractivity contribution in [3.8, 4) is 11.5 Å². The van der Waals surface area contributed by atoms with Crippen molar-refractivity contribution in [1.29, 1.82) is 0 Å². The molecule has 0 aromatic heterocycles. The number of nitrogens with zero attached hydrogens (tertiary/aromatic N) is 1. The van der Waals surface area contributed by atoms with E-state index in [0.29, 0.717) is 32.8 Å². The molecule has 6 nitrogen and oxygen atoms in total. The first-order valence-corrected chi connectivity index (χ1v) is 8.74. The highest BCUT2D eigenvalue weighted by Crippen LogP contribution is 2.34. The number of carbonyl (C=O) groups is 1. The van der Waals surface area contributed by atoms with Crippen LogP contribution in [0, 0.1) is 0 Å². The van der Waals surface area contributed by atoms with E-state index in [2.05, 4.69) is 17.1 Å². The fourth-order valence-corrected chi connectivity index (χ4v) is 3.07. The van der Waals surface area contributed by atoms with Gasteiger partial charge in [-0.2, -0.15) is 0 Å². The second kappa shape index (κ2) is 8.35. The molecule has 1 fully saturated rings. The second-order valence-electron chi connectivity index (χ2n) is 6.18. The maximum absolute atomic E-state index is 12.2. The number of rotatable bonds is 7. The zero-order valence-corrected chi connectivity index (χ0v) is 14.3. The Labute approximate surface area is 143 Å². The first-order chi connectivity index (χ1) is 11.8. The molecule has 3 rings (SSSR count). The Morgan fingerprint density at radius 2 is 2.17 bits per heavy atom. The Balaban J connectivity index is 1.53. The fraction of sp³-hybridized carbons (Fsp3) is 0.611. The van der Waals surface area contributed by atoms with Gasteiger partial charge in [0.2, 0.25) is 5.91 Å². The van der Waals surface area contributed by atoms with Gasteiger partial charge in [-0.1, -0.05) is 19.1 Å². The van der Waals surface area contributed by atoms with Crippen molar-refractivity contribution in [2.24, 2.45) is 0 Å². The van der Waals surface area contributed by atoms with Gasteiger partial charge in [-0.25, -0.2) is 0 Å². The van der Waals surface area contributed by atoms with Crippen molar-refractivity contribution in [2.45, 2.75) is 32.4 Å².